The first-order valence-corrected chi connectivity index (χ1v) is 9.10. The lowest BCUT2D eigenvalue weighted by Gasteiger charge is -2.38. The van der Waals surface area contributed by atoms with Gasteiger partial charge in [0.2, 0.25) is 4.93 Å². The number of hydrogen-bond acceptors (Lipinski definition) is 6. The molecule has 0 saturated carbocycles. The summed E-state index contributed by atoms with van der Waals surface area (Å²) in [6.07, 6.45) is 0. The number of nitriles is 1. The Balaban J connectivity index is 1.92. The summed E-state index contributed by atoms with van der Waals surface area (Å²) in [6, 6.07) is 16.0. The van der Waals surface area contributed by atoms with Gasteiger partial charge in [0.1, 0.15) is 17.5 Å². The third-order valence-electron chi connectivity index (χ3n) is 4.17. The summed E-state index contributed by atoms with van der Waals surface area (Å²) in [7, 11) is 0. The van der Waals surface area contributed by atoms with Crippen LogP contribution in [-0.2, 0) is 9.67 Å². The molecule has 0 fully saturated rings. The first-order valence-electron chi connectivity index (χ1n) is 7.50. The van der Waals surface area contributed by atoms with Crippen molar-refractivity contribution < 1.29 is 9.53 Å². The fourth-order valence-electron chi connectivity index (χ4n) is 3.01. The summed E-state index contributed by atoms with van der Waals surface area (Å²) < 4.78 is 6.01. The minimum absolute atomic E-state index is 0.128. The van der Waals surface area contributed by atoms with E-state index in [-0.39, 0.29) is 11.4 Å². The van der Waals surface area contributed by atoms with E-state index in [0.717, 1.165) is 11.8 Å². The lowest BCUT2D eigenvalue weighted by atomic mass is 9.98. The number of carbonyl (C=O) groups excluding carboxylic acids is 1. The van der Waals surface area contributed by atoms with Gasteiger partial charge in [-0.05, 0) is 42.1 Å². The number of fused-ring (bicyclic) bond motifs is 2. The van der Waals surface area contributed by atoms with E-state index in [2.05, 4.69) is 6.07 Å². The van der Waals surface area contributed by atoms with E-state index in [0.29, 0.717) is 26.2 Å². The Morgan fingerprint density at radius 2 is 1.92 bits per heavy atom. The van der Waals surface area contributed by atoms with Crippen LogP contribution in [0.4, 0.5) is 5.69 Å². The second-order valence-corrected chi connectivity index (χ2v) is 7.85. The number of thiocarbonyl (C=S) groups is 1. The summed E-state index contributed by atoms with van der Waals surface area (Å²) in [5.41, 5.74) is 8.09. The molecule has 0 bridgehead atoms. The van der Waals surface area contributed by atoms with E-state index in [1.807, 2.05) is 0 Å². The van der Waals surface area contributed by atoms with Crippen molar-refractivity contribution in [3.8, 4) is 6.07 Å². The molecular weight excluding hydrogens is 390 g/mol. The Bertz CT molecular complexity index is 1030. The van der Waals surface area contributed by atoms with Crippen molar-refractivity contribution in [2.75, 3.05) is 4.90 Å². The average molecular weight is 400 g/mol. The Morgan fingerprint density at radius 3 is 2.62 bits per heavy atom. The van der Waals surface area contributed by atoms with Gasteiger partial charge in [-0.15, -0.1) is 0 Å². The lowest BCUT2D eigenvalue weighted by Crippen LogP contribution is -2.43. The molecule has 1 spiro atoms. The maximum absolute atomic E-state index is 12.3. The fraction of sp³-hybridized carbons (Fsp3) is 0.0556. The molecule has 0 aliphatic carbocycles. The second kappa shape index (κ2) is 6.02. The van der Waals surface area contributed by atoms with E-state index in [4.69, 9.17) is 34.3 Å². The van der Waals surface area contributed by atoms with E-state index in [9.17, 15) is 10.1 Å². The second-order valence-electron chi connectivity index (χ2n) is 5.60. The first-order chi connectivity index (χ1) is 12.5. The van der Waals surface area contributed by atoms with E-state index < -0.39 is 10.9 Å². The van der Waals surface area contributed by atoms with Crippen molar-refractivity contribution in [3.05, 3.63) is 76.1 Å². The van der Waals surface area contributed by atoms with E-state index in [1.165, 1.54) is 0 Å². The third kappa shape index (κ3) is 2.31. The van der Waals surface area contributed by atoms with Gasteiger partial charge in [-0.3, -0.25) is 4.90 Å². The van der Waals surface area contributed by atoms with Crippen molar-refractivity contribution in [3.63, 3.8) is 0 Å². The number of thioether (sulfide) groups is 1. The number of nitrogens with zero attached hydrogens (tertiary/aromatic N) is 2. The molecule has 1 atom stereocenters. The van der Waals surface area contributed by atoms with Crippen LogP contribution in [-0.4, -0.2) is 10.3 Å². The van der Waals surface area contributed by atoms with Crippen LogP contribution < -0.4 is 10.6 Å². The predicted molar refractivity (Wildman–Crippen MR) is 104 cm³/mol. The SMILES string of the molecule is N#CC1=C(N)N(c2ccc(Cl)cc2)C(=S)SC12OC(=O)c1ccccc12. The van der Waals surface area contributed by atoms with Gasteiger partial charge in [-0.2, -0.15) is 5.26 Å². The van der Waals surface area contributed by atoms with Gasteiger partial charge in [-0.1, -0.05) is 42.0 Å². The molecule has 2 aromatic rings. The number of esters is 1. The van der Waals surface area contributed by atoms with Gasteiger partial charge in [0, 0.05) is 16.3 Å². The van der Waals surface area contributed by atoms with Crippen LogP contribution in [0.2, 0.25) is 5.02 Å². The van der Waals surface area contributed by atoms with Gasteiger partial charge >= 0.3 is 5.97 Å². The standard InChI is InChI=1S/C18H10ClN3O2S2/c19-10-5-7-11(8-6-10)22-15(21)14(9-20)18(26-17(22)25)13-4-2-1-3-12(13)16(23)24-18/h1-8H,21H2. The number of halogens is 1. The van der Waals surface area contributed by atoms with Crippen molar-refractivity contribution in [2.24, 2.45) is 5.73 Å². The predicted octanol–water partition coefficient (Wildman–Crippen LogP) is 3.90. The molecule has 1 unspecified atom stereocenters. The van der Waals surface area contributed by atoms with Crippen LogP contribution in [0.5, 0.6) is 0 Å². The molecule has 26 heavy (non-hydrogen) atoms. The highest BCUT2D eigenvalue weighted by atomic mass is 35.5. The summed E-state index contributed by atoms with van der Waals surface area (Å²) in [5, 5.41) is 10.4. The Kier molecular flexibility index (Phi) is 3.92. The normalized spacial score (nSPS) is 21.6. The molecule has 2 N–H and O–H groups in total. The summed E-state index contributed by atoms with van der Waals surface area (Å²) >= 11 is 12.6. The Hall–Kier alpha value is -2.53. The number of anilines is 1. The minimum Gasteiger partial charge on any atom is -0.434 e. The van der Waals surface area contributed by atoms with Crippen molar-refractivity contribution in [2.45, 2.75) is 4.93 Å². The number of ether oxygens (including phenoxy) is 1. The zero-order valence-corrected chi connectivity index (χ0v) is 15.5. The fourth-order valence-corrected chi connectivity index (χ4v) is 4.89. The maximum atomic E-state index is 12.3. The highest BCUT2D eigenvalue weighted by molar-refractivity contribution is 8.24. The van der Waals surface area contributed by atoms with Gasteiger partial charge in [0.25, 0.3) is 0 Å². The molecule has 2 heterocycles. The van der Waals surface area contributed by atoms with Crippen LogP contribution in [0.25, 0.3) is 0 Å². The number of carbonyl (C=O) groups is 1. The highest BCUT2D eigenvalue weighted by Gasteiger charge is 2.55. The molecule has 4 rings (SSSR count). The Morgan fingerprint density at radius 1 is 1.23 bits per heavy atom. The van der Waals surface area contributed by atoms with Crippen LogP contribution in [0, 0.1) is 11.3 Å². The zero-order valence-electron chi connectivity index (χ0n) is 13.1. The largest absolute Gasteiger partial charge is 0.434 e. The molecule has 0 saturated heterocycles. The molecule has 0 amide bonds. The molecule has 2 aliphatic rings. The van der Waals surface area contributed by atoms with Crippen molar-refractivity contribution in [1.82, 2.24) is 0 Å². The van der Waals surface area contributed by atoms with Crippen molar-refractivity contribution in [1.29, 1.82) is 5.26 Å². The van der Waals surface area contributed by atoms with Gasteiger partial charge in [0.05, 0.1) is 5.56 Å². The number of nitrogens with two attached hydrogens (primary N) is 1. The quantitative estimate of drug-likeness (QED) is 0.575. The van der Waals surface area contributed by atoms with Gasteiger partial charge < -0.3 is 10.5 Å². The number of hydrogen-bond donors (Lipinski definition) is 1. The van der Waals surface area contributed by atoms with Gasteiger partial charge in [-0.25, -0.2) is 4.79 Å². The summed E-state index contributed by atoms with van der Waals surface area (Å²) in [4.78, 5) is 12.5. The van der Waals surface area contributed by atoms with Crippen LogP contribution in [0.15, 0.2) is 59.9 Å². The molecular formula is C18H10ClN3O2S2. The molecule has 0 aromatic heterocycles. The Labute approximate surface area is 164 Å². The van der Waals surface area contributed by atoms with Crippen LogP contribution >= 0.6 is 35.6 Å². The third-order valence-corrected chi connectivity index (χ3v) is 6.01. The smallest absolute Gasteiger partial charge is 0.340 e. The molecule has 0 radical (unpaired) electrons. The molecule has 5 nitrogen and oxygen atoms in total. The average Bonchev–Trinajstić information content (AvgIpc) is 2.89. The molecule has 2 aliphatic heterocycles. The minimum atomic E-state index is -1.35. The number of benzene rings is 2. The van der Waals surface area contributed by atoms with Crippen LogP contribution in [0.1, 0.15) is 15.9 Å². The van der Waals surface area contributed by atoms with E-state index >= 15 is 0 Å². The molecule has 8 heteroatoms. The number of rotatable bonds is 1. The monoisotopic (exact) mass is 399 g/mol. The molecule has 2 aromatic carbocycles. The molecule has 128 valence electrons. The zero-order chi connectivity index (χ0) is 18.5. The topological polar surface area (TPSA) is 79.3 Å². The summed E-state index contributed by atoms with van der Waals surface area (Å²) in [6.45, 7) is 0. The summed E-state index contributed by atoms with van der Waals surface area (Å²) in [5.74, 6) is -0.375. The highest BCUT2D eigenvalue weighted by Crippen LogP contribution is 2.54. The maximum Gasteiger partial charge on any atom is 0.340 e. The van der Waals surface area contributed by atoms with Crippen molar-refractivity contribution >= 4 is 51.6 Å². The van der Waals surface area contributed by atoms with Gasteiger partial charge in [0.15, 0.2) is 4.32 Å². The first kappa shape index (κ1) is 16.9. The van der Waals surface area contributed by atoms with Crippen LogP contribution in [0.3, 0.4) is 0 Å². The lowest BCUT2D eigenvalue weighted by molar-refractivity contribution is 0.0384. The van der Waals surface area contributed by atoms with E-state index in [1.54, 1.807) is 53.4 Å².